The number of rotatable bonds is 5. The first-order valence-corrected chi connectivity index (χ1v) is 10.1. The molecule has 1 N–H and O–H groups in total. The predicted molar refractivity (Wildman–Crippen MR) is 102 cm³/mol. The van der Waals surface area contributed by atoms with Gasteiger partial charge in [0.1, 0.15) is 29.1 Å². The summed E-state index contributed by atoms with van der Waals surface area (Å²) in [6, 6.07) is 6.89. The Balaban J connectivity index is 1.88. The number of nitrogens with zero attached hydrogens (tertiary/aromatic N) is 1. The molecule has 0 aliphatic heterocycles. The van der Waals surface area contributed by atoms with Crippen LogP contribution in [0.3, 0.4) is 0 Å². The van der Waals surface area contributed by atoms with E-state index in [1.165, 1.54) is 6.07 Å². The van der Waals surface area contributed by atoms with Crippen LogP contribution < -0.4 is 4.74 Å². The second kappa shape index (κ2) is 7.20. The Hall–Kier alpha value is -2.66. The SMILES string of the molecule is CCCCC1(F)C(F)(F)c2ccc(Oc3cc(F)cc(C#N)c3)c3c2C1(O)CC[C@H]3F. The lowest BCUT2D eigenvalue weighted by Gasteiger charge is -2.42. The molecular formula is C23H20F5NO2. The van der Waals surface area contributed by atoms with E-state index in [2.05, 4.69) is 0 Å². The number of alkyl halides is 4. The summed E-state index contributed by atoms with van der Waals surface area (Å²) >= 11 is 0. The summed E-state index contributed by atoms with van der Waals surface area (Å²) in [5.41, 5.74) is -7.49. The summed E-state index contributed by atoms with van der Waals surface area (Å²) in [4.78, 5) is 0. The lowest BCUT2D eigenvalue weighted by molar-refractivity contribution is -0.228. The summed E-state index contributed by atoms with van der Waals surface area (Å²) in [6.07, 6.45) is -2.65. The summed E-state index contributed by atoms with van der Waals surface area (Å²) in [5, 5.41) is 20.2. The van der Waals surface area contributed by atoms with Gasteiger partial charge in [0, 0.05) is 22.8 Å². The van der Waals surface area contributed by atoms with Crippen molar-refractivity contribution in [2.45, 2.75) is 62.4 Å². The van der Waals surface area contributed by atoms with Crippen molar-refractivity contribution in [3.63, 3.8) is 0 Å². The van der Waals surface area contributed by atoms with E-state index >= 15 is 13.2 Å². The van der Waals surface area contributed by atoms with E-state index in [-0.39, 0.29) is 35.5 Å². The van der Waals surface area contributed by atoms with E-state index in [0.717, 1.165) is 24.3 Å². The molecule has 4 rings (SSSR count). The highest BCUT2D eigenvalue weighted by Gasteiger charge is 2.75. The molecule has 164 valence electrons. The summed E-state index contributed by atoms with van der Waals surface area (Å²) < 4.78 is 80.7. The average Bonchev–Trinajstić information content (AvgIpc) is 2.86. The number of hydrogen-bond acceptors (Lipinski definition) is 3. The largest absolute Gasteiger partial charge is 0.457 e. The van der Waals surface area contributed by atoms with Crippen molar-refractivity contribution in [2.24, 2.45) is 0 Å². The Kier molecular flexibility index (Phi) is 5.01. The number of nitriles is 1. The van der Waals surface area contributed by atoms with Crippen LogP contribution in [0, 0.1) is 17.1 Å². The van der Waals surface area contributed by atoms with E-state index in [4.69, 9.17) is 10.00 Å². The molecule has 0 aromatic heterocycles. The monoisotopic (exact) mass is 437 g/mol. The molecule has 2 unspecified atom stereocenters. The molecule has 0 radical (unpaired) electrons. The minimum atomic E-state index is -4.02. The van der Waals surface area contributed by atoms with Gasteiger partial charge in [-0.15, -0.1) is 0 Å². The highest BCUT2D eigenvalue weighted by Crippen LogP contribution is 2.67. The van der Waals surface area contributed by atoms with Crippen LogP contribution in [-0.2, 0) is 11.5 Å². The maximum absolute atomic E-state index is 15.9. The number of hydrogen-bond donors (Lipinski definition) is 1. The summed E-state index contributed by atoms with van der Waals surface area (Å²) in [6.45, 7) is 1.72. The second-order valence-corrected chi connectivity index (χ2v) is 8.14. The van der Waals surface area contributed by atoms with Crippen molar-refractivity contribution in [1.82, 2.24) is 0 Å². The number of aliphatic hydroxyl groups is 1. The fourth-order valence-corrected chi connectivity index (χ4v) is 4.78. The van der Waals surface area contributed by atoms with Gasteiger partial charge in [-0.05, 0) is 43.5 Å². The minimum absolute atomic E-state index is 0.0491. The van der Waals surface area contributed by atoms with Gasteiger partial charge < -0.3 is 9.84 Å². The summed E-state index contributed by atoms with van der Waals surface area (Å²) in [5.74, 6) is -5.16. The molecule has 0 spiro atoms. The van der Waals surface area contributed by atoms with Crippen molar-refractivity contribution in [3.8, 4) is 17.6 Å². The number of benzene rings is 2. The Bertz CT molecular complexity index is 1080. The Labute approximate surface area is 176 Å². The van der Waals surface area contributed by atoms with E-state index in [1.807, 2.05) is 0 Å². The fraction of sp³-hybridized carbons (Fsp3) is 0.435. The highest BCUT2D eigenvalue weighted by atomic mass is 19.3. The highest BCUT2D eigenvalue weighted by molar-refractivity contribution is 5.59. The average molecular weight is 437 g/mol. The molecule has 31 heavy (non-hydrogen) atoms. The van der Waals surface area contributed by atoms with Gasteiger partial charge in [-0.25, -0.2) is 13.2 Å². The van der Waals surface area contributed by atoms with Crippen molar-refractivity contribution in [3.05, 3.63) is 58.4 Å². The molecule has 2 aromatic carbocycles. The smallest absolute Gasteiger partial charge is 0.310 e. The van der Waals surface area contributed by atoms with Gasteiger partial charge in [0.15, 0.2) is 0 Å². The van der Waals surface area contributed by atoms with Gasteiger partial charge in [0.25, 0.3) is 0 Å². The molecule has 8 heteroatoms. The Morgan fingerprint density at radius 1 is 1.23 bits per heavy atom. The van der Waals surface area contributed by atoms with Gasteiger partial charge in [0.05, 0.1) is 11.6 Å². The molecule has 3 nitrogen and oxygen atoms in total. The van der Waals surface area contributed by atoms with Gasteiger partial charge in [-0.1, -0.05) is 19.8 Å². The third-order valence-electron chi connectivity index (χ3n) is 6.29. The molecule has 0 saturated heterocycles. The second-order valence-electron chi connectivity index (χ2n) is 8.14. The van der Waals surface area contributed by atoms with Crippen molar-refractivity contribution >= 4 is 0 Å². The molecule has 0 heterocycles. The first-order chi connectivity index (χ1) is 14.6. The Morgan fingerprint density at radius 3 is 2.65 bits per heavy atom. The van der Waals surface area contributed by atoms with E-state index in [9.17, 15) is 13.9 Å². The van der Waals surface area contributed by atoms with Gasteiger partial charge >= 0.3 is 5.92 Å². The maximum atomic E-state index is 15.9. The first kappa shape index (κ1) is 21.6. The molecule has 0 saturated carbocycles. The molecule has 3 atom stereocenters. The quantitative estimate of drug-likeness (QED) is 0.545. The predicted octanol–water partition coefficient (Wildman–Crippen LogP) is 6.49. The van der Waals surface area contributed by atoms with Crippen LogP contribution in [0.5, 0.6) is 11.5 Å². The van der Waals surface area contributed by atoms with E-state index in [1.54, 1.807) is 13.0 Å². The normalized spacial score (nSPS) is 28.1. The zero-order valence-corrected chi connectivity index (χ0v) is 16.7. The summed E-state index contributed by atoms with van der Waals surface area (Å²) in [7, 11) is 0. The number of ether oxygens (including phenoxy) is 1. The van der Waals surface area contributed by atoms with Crippen LogP contribution in [0.2, 0.25) is 0 Å². The van der Waals surface area contributed by atoms with Crippen LogP contribution in [0.25, 0.3) is 0 Å². The van der Waals surface area contributed by atoms with Crippen LogP contribution in [-0.4, -0.2) is 10.8 Å². The van der Waals surface area contributed by atoms with E-state index in [0.29, 0.717) is 6.42 Å². The van der Waals surface area contributed by atoms with E-state index < -0.39 is 53.1 Å². The van der Waals surface area contributed by atoms with Crippen LogP contribution in [0.15, 0.2) is 30.3 Å². The number of unbranched alkanes of at least 4 members (excludes halogenated alkanes) is 1. The Morgan fingerprint density at radius 2 is 1.97 bits per heavy atom. The van der Waals surface area contributed by atoms with Crippen LogP contribution >= 0.6 is 0 Å². The first-order valence-electron chi connectivity index (χ1n) is 10.1. The topological polar surface area (TPSA) is 53.2 Å². The van der Waals surface area contributed by atoms with Crippen molar-refractivity contribution in [2.75, 3.05) is 0 Å². The zero-order chi connectivity index (χ0) is 22.6. The molecule has 2 aliphatic carbocycles. The van der Waals surface area contributed by atoms with Gasteiger partial charge in [0.2, 0.25) is 5.67 Å². The third kappa shape index (κ3) is 2.93. The molecule has 2 aromatic rings. The van der Waals surface area contributed by atoms with Gasteiger partial charge in [-0.2, -0.15) is 14.0 Å². The zero-order valence-electron chi connectivity index (χ0n) is 16.7. The molecule has 0 fully saturated rings. The minimum Gasteiger partial charge on any atom is -0.457 e. The molecule has 0 amide bonds. The van der Waals surface area contributed by atoms with Crippen molar-refractivity contribution in [1.29, 1.82) is 5.26 Å². The van der Waals surface area contributed by atoms with Crippen LogP contribution in [0.4, 0.5) is 22.0 Å². The lowest BCUT2D eigenvalue weighted by atomic mass is 9.71. The third-order valence-corrected chi connectivity index (χ3v) is 6.29. The molecular weight excluding hydrogens is 417 g/mol. The van der Waals surface area contributed by atoms with Crippen molar-refractivity contribution < 1.29 is 31.8 Å². The molecule has 2 aliphatic rings. The number of halogens is 5. The fourth-order valence-electron chi connectivity index (χ4n) is 4.78. The molecule has 0 bridgehead atoms. The lowest BCUT2D eigenvalue weighted by Crippen LogP contribution is -2.53. The maximum Gasteiger partial charge on any atom is 0.310 e. The van der Waals surface area contributed by atoms with Gasteiger partial charge in [-0.3, -0.25) is 0 Å². The standard InChI is InChI=1S/C23H20F5NO2/c1-2-3-7-22(26)21(30)8-6-17(25)19-18(5-4-16(20(19)21)23(22,27)28)31-15-10-13(12-29)9-14(24)11-15/h4-5,9-11,17,30H,2-3,6-8H2,1H3/t17-,21?,22?/m1/s1. The van der Waals surface area contributed by atoms with Crippen LogP contribution in [0.1, 0.15) is 67.5 Å².